The van der Waals surface area contributed by atoms with Gasteiger partial charge in [-0.05, 0) is 48.7 Å². The van der Waals surface area contributed by atoms with Gasteiger partial charge in [-0.15, -0.1) is 0 Å². The van der Waals surface area contributed by atoms with Crippen molar-refractivity contribution in [2.24, 2.45) is 0 Å². The molecule has 1 aliphatic rings. The summed E-state index contributed by atoms with van der Waals surface area (Å²) >= 11 is 0. The summed E-state index contributed by atoms with van der Waals surface area (Å²) in [5.74, 6) is -0.684. The van der Waals surface area contributed by atoms with E-state index in [4.69, 9.17) is 4.74 Å². The van der Waals surface area contributed by atoms with Crippen LogP contribution in [0.4, 0.5) is 0 Å². The summed E-state index contributed by atoms with van der Waals surface area (Å²) in [4.78, 5) is 12.7. The third kappa shape index (κ3) is 5.32. The Morgan fingerprint density at radius 3 is 2.26 bits per heavy atom. The van der Waals surface area contributed by atoms with Gasteiger partial charge in [0.15, 0.2) is 0 Å². The Bertz CT molecular complexity index is 1150. The van der Waals surface area contributed by atoms with Crippen molar-refractivity contribution < 1.29 is 26.4 Å². The Labute approximate surface area is 183 Å². The molecule has 1 saturated heterocycles. The van der Waals surface area contributed by atoms with Crippen molar-refractivity contribution in [2.75, 3.05) is 27.2 Å². The molecule has 0 radical (unpaired) electrons. The molecule has 2 aromatic rings. The van der Waals surface area contributed by atoms with Gasteiger partial charge in [0.1, 0.15) is 6.61 Å². The molecule has 0 atom stereocenters. The second kappa shape index (κ2) is 9.47. The van der Waals surface area contributed by atoms with Crippen LogP contribution in [0.1, 0.15) is 35.2 Å². The topological polar surface area (TPSA) is 101 Å². The first-order valence-corrected chi connectivity index (χ1v) is 12.8. The normalized spacial score (nSPS) is 15.7. The molecule has 3 rings (SSSR count). The quantitative estimate of drug-likeness (QED) is 0.581. The summed E-state index contributed by atoms with van der Waals surface area (Å²) in [5.41, 5.74) is 0.628. The lowest BCUT2D eigenvalue weighted by Gasteiger charge is -2.25. The standard InChI is InChI=1S/C21H26N2O6S2/c1-22(2)30(25,26)19-10-6-8-17(14-19)16-29-21(24)18-9-7-11-20(15-18)31(27,28)23-12-4-3-5-13-23/h6-11,14-15H,3-5,12-13,16H2,1-2H3. The van der Waals surface area contributed by atoms with Crippen LogP contribution in [-0.2, 0) is 31.4 Å². The number of nitrogens with zero attached hydrogens (tertiary/aromatic N) is 2. The molecule has 168 valence electrons. The van der Waals surface area contributed by atoms with Crippen LogP contribution in [0.3, 0.4) is 0 Å². The number of hydrogen-bond acceptors (Lipinski definition) is 6. The number of benzene rings is 2. The molecule has 0 bridgehead atoms. The Balaban J connectivity index is 1.73. The highest BCUT2D eigenvalue weighted by Gasteiger charge is 2.26. The zero-order valence-corrected chi connectivity index (χ0v) is 19.2. The average Bonchev–Trinajstić information content (AvgIpc) is 2.78. The van der Waals surface area contributed by atoms with E-state index in [1.807, 2.05) is 0 Å². The molecule has 1 fully saturated rings. The molecular weight excluding hydrogens is 440 g/mol. The molecule has 31 heavy (non-hydrogen) atoms. The first-order chi connectivity index (χ1) is 14.6. The largest absolute Gasteiger partial charge is 0.457 e. The fourth-order valence-corrected chi connectivity index (χ4v) is 5.81. The van der Waals surface area contributed by atoms with Gasteiger partial charge in [0.2, 0.25) is 20.0 Å². The van der Waals surface area contributed by atoms with Gasteiger partial charge < -0.3 is 4.74 Å². The van der Waals surface area contributed by atoms with Crippen molar-refractivity contribution in [1.29, 1.82) is 0 Å². The maximum absolute atomic E-state index is 12.8. The Morgan fingerprint density at radius 1 is 0.935 bits per heavy atom. The van der Waals surface area contributed by atoms with E-state index >= 15 is 0 Å². The third-order valence-electron chi connectivity index (χ3n) is 5.07. The minimum Gasteiger partial charge on any atom is -0.457 e. The molecule has 0 aromatic heterocycles. The number of carbonyl (C=O) groups excluding carboxylic acids is 1. The lowest BCUT2D eigenvalue weighted by Crippen LogP contribution is -2.35. The number of esters is 1. The monoisotopic (exact) mass is 466 g/mol. The van der Waals surface area contributed by atoms with Crippen molar-refractivity contribution >= 4 is 26.0 Å². The number of rotatable bonds is 7. The highest BCUT2D eigenvalue weighted by Crippen LogP contribution is 2.22. The van der Waals surface area contributed by atoms with Gasteiger partial charge >= 0.3 is 5.97 Å². The predicted octanol–water partition coefficient (Wildman–Crippen LogP) is 2.47. The summed E-state index contributed by atoms with van der Waals surface area (Å²) in [7, 11) is -4.39. The molecular formula is C21H26N2O6S2. The van der Waals surface area contributed by atoms with E-state index in [1.54, 1.807) is 12.1 Å². The van der Waals surface area contributed by atoms with E-state index in [9.17, 15) is 21.6 Å². The number of carbonyl (C=O) groups is 1. The molecule has 8 nitrogen and oxygen atoms in total. The van der Waals surface area contributed by atoms with Crippen LogP contribution in [0.25, 0.3) is 0 Å². The molecule has 1 aliphatic heterocycles. The van der Waals surface area contributed by atoms with Gasteiger partial charge in [-0.3, -0.25) is 0 Å². The molecule has 1 heterocycles. The third-order valence-corrected chi connectivity index (χ3v) is 8.78. The zero-order valence-electron chi connectivity index (χ0n) is 17.5. The summed E-state index contributed by atoms with van der Waals surface area (Å²) in [6.45, 7) is 0.811. The first kappa shape index (κ1) is 23.4. The first-order valence-electron chi connectivity index (χ1n) is 9.91. The molecule has 10 heteroatoms. The molecule has 0 aliphatic carbocycles. The molecule has 0 saturated carbocycles. The maximum atomic E-state index is 12.8. The summed E-state index contributed by atoms with van der Waals surface area (Å²) in [6.07, 6.45) is 2.66. The van der Waals surface area contributed by atoms with E-state index < -0.39 is 26.0 Å². The van der Waals surface area contributed by atoms with E-state index in [1.165, 1.54) is 54.8 Å². The lowest BCUT2D eigenvalue weighted by atomic mass is 10.2. The summed E-state index contributed by atoms with van der Waals surface area (Å²) in [5, 5.41) is 0. The smallest absolute Gasteiger partial charge is 0.338 e. The summed E-state index contributed by atoms with van der Waals surface area (Å²) in [6, 6.07) is 11.9. The van der Waals surface area contributed by atoms with Gasteiger partial charge in [-0.2, -0.15) is 4.31 Å². The van der Waals surface area contributed by atoms with Crippen molar-refractivity contribution in [2.45, 2.75) is 35.7 Å². The summed E-state index contributed by atoms with van der Waals surface area (Å²) < 4.78 is 58.1. The highest BCUT2D eigenvalue weighted by atomic mass is 32.2. The Morgan fingerprint density at radius 2 is 1.58 bits per heavy atom. The average molecular weight is 467 g/mol. The van der Waals surface area contributed by atoms with Crippen molar-refractivity contribution in [3.05, 3.63) is 59.7 Å². The van der Waals surface area contributed by atoms with Crippen LogP contribution in [0.15, 0.2) is 58.3 Å². The van der Waals surface area contributed by atoms with Gasteiger partial charge in [0, 0.05) is 27.2 Å². The number of ether oxygens (including phenoxy) is 1. The van der Waals surface area contributed by atoms with Gasteiger partial charge in [0.05, 0.1) is 15.4 Å². The second-order valence-electron chi connectivity index (χ2n) is 7.50. The van der Waals surface area contributed by atoms with E-state index in [0.29, 0.717) is 18.7 Å². The molecule has 0 amide bonds. The zero-order chi connectivity index (χ0) is 22.6. The molecule has 2 aromatic carbocycles. The maximum Gasteiger partial charge on any atom is 0.338 e. The minimum atomic E-state index is -3.66. The van der Waals surface area contributed by atoms with Crippen LogP contribution < -0.4 is 0 Å². The van der Waals surface area contributed by atoms with Crippen molar-refractivity contribution in [3.63, 3.8) is 0 Å². The lowest BCUT2D eigenvalue weighted by molar-refractivity contribution is 0.0472. The Hall–Kier alpha value is -2.27. The van der Waals surface area contributed by atoms with Crippen LogP contribution in [0.2, 0.25) is 0 Å². The number of hydrogen-bond donors (Lipinski definition) is 0. The van der Waals surface area contributed by atoms with Gasteiger partial charge in [-0.25, -0.2) is 25.9 Å². The van der Waals surface area contributed by atoms with E-state index in [2.05, 4.69) is 0 Å². The van der Waals surface area contributed by atoms with Crippen molar-refractivity contribution in [3.8, 4) is 0 Å². The molecule has 0 unspecified atom stereocenters. The second-order valence-corrected chi connectivity index (χ2v) is 11.6. The number of piperidine rings is 1. The fraction of sp³-hybridized carbons (Fsp3) is 0.381. The van der Waals surface area contributed by atoms with E-state index in [0.717, 1.165) is 23.6 Å². The van der Waals surface area contributed by atoms with Crippen LogP contribution in [0.5, 0.6) is 0 Å². The SMILES string of the molecule is CN(C)S(=O)(=O)c1cccc(COC(=O)c2cccc(S(=O)(=O)N3CCCCC3)c2)c1. The molecule has 0 N–H and O–H groups in total. The van der Waals surface area contributed by atoms with E-state index in [-0.39, 0.29) is 22.0 Å². The fourth-order valence-electron chi connectivity index (χ4n) is 3.28. The predicted molar refractivity (Wildman–Crippen MR) is 115 cm³/mol. The van der Waals surface area contributed by atoms with Gasteiger partial charge in [-0.1, -0.05) is 24.6 Å². The minimum absolute atomic E-state index is 0.0583. The van der Waals surface area contributed by atoms with Crippen molar-refractivity contribution in [1.82, 2.24) is 8.61 Å². The van der Waals surface area contributed by atoms with Crippen LogP contribution in [-0.4, -0.2) is 58.6 Å². The van der Waals surface area contributed by atoms with Gasteiger partial charge in [0.25, 0.3) is 0 Å². The number of sulfonamides is 2. The molecule has 0 spiro atoms. The highest BCUT2D eigenvalue weighted by molar-refractivity contribution is 7.89. The van der Waals surface area contributed by atoms with Crippen LogP contribution in [0, 0.1) is 0 Å². The Kier molecular flexibility index (Phi) is 7.15. The van der Waals surface area contributed by atoms with Crippen LogP contribution >= 0.6 is 0 Å².